The average Bonchev–Trinajstić information content (AvgIpc) is 3.09. The van der Waals surface area contributed by atoms with E-state index in [9.17, 15) is 28.8 Å². The van der Waals surface area contributed by atoms with Crippen molar-refractivity contribution in [1.29, 1.82) is 0 Å². The van der Waals surface area contributed by atoms with Gasteiger partial charge in [0.15, 0.2) is 11.6 Å². The van der Waals surface area contributed by atoms with Gasteiger partial charge in [-0.3, -0.25) is 28.8 Å². The quantitative estimate of drug-likeness (QED) is 0.256. The molecule has 0 radical (unpaired) electrons. The molecule has 0 saturated heterocycles. The molecule has 0 spiro atoms. The van der Waals surface area contributed by atoms with E-state index in [1.807, 2.05) is 12.2 Å². The second kappa shape index (κ2) is 8.48. The predicted octanol–water partition coefficient (Wildman–Crippen LogP) is 0.412. The first-order valence-corrected chi connectivity index (χ1v) is 10.2. The minimum Gasteiger partial charge on any atom is -0.468 e. The Balaban J connectivity index is 2.49. The molecule has 4 atom stereocenters. The third-order valence-corrected chi connectivity index (χ3v) is 7.43. The molecule has 10 heteroatoms. The molecule has 10 nitrogen and oxygen atoms in total. The maximum Gasteiger partial charge on any atom is 0.316 e. The van der Waals surface area contributed by atoms with Crippen molar-refractivity contribution in [2.75, 3.05) is 28.4 Å². The van der Waals surface area contributed by atoms with Crippen molar-refractivity contribution < 1.29 is 47.7 Å². The van der Waals surface area contributed by atoms with E-state index in [1.54, 1.807) is 0 Å². The molecule has 174 valence electrons. The molecular formula is C22H26O10. The van der Waals surface area contributed by atoms with Crippen LogP contribution >= 0.6 is 0 Å². The summed E-state index contributed by atoms with van der Waals surface area (Å²) >= 11 is 0. The van der Waals surface area contributed by atoms with Gasteiger partial charge < -0.3 is 18.9 Å². The van der Waals surface area contributed by atoms with Crippen LogP contribution in [0.5, 0.6) is 0 Å². The van der Waals surface area contributed by atoms with E-state index in [4.69, 9.17) is 18.9 Å². The highest BCUT2D eigenvalue weighted by molar-refractivity contribution is 6.20. The Morgan fingerprint density at radius 1 is 0.625 bits per heavy atom. The summed E-state index contributed by atoms with van der Waals surface area (Å²) < 4.78 is 19.6. The van der Waals surface area contributed by atoms with Gasteiger partial charge in [0.1, 0.15) is 23.7 Å². The fraction of sp³-hybridized carbons (Fsp3) is 0.636. The average molecular weight is 450 g/mol. The minimum atomic E-state index is -1.72. The normalized spacial score (nSPS) is 35.8. The highest BCUT2D eigenvalue weighted by atomic mass is 16.5. The van der Waals surface area contributed by atoms with Gasteiger partial charge in [-0.1, -0.05) is 12.2 Å². The zero-order valence-corrected chi connectivity index (χ0v) is 18.4. The third-order valence-electron chi connectivity index (χ3n) is 7.43. The van der Waals surface area contributed by atoms with Crippen LogP contribution in [0.15, 0.2) is 12.2 Å². The molecule has 0 aromatic rings. The first kappa shape index (κ1) is 23.6. The zero-order chi connectivity index (χ0) is 23.8. The Kier molecular flexibility index (Phi) is 6.26. The van der Waals surface area contributed by atoms with Crippen molar-refractivity contribution in [2.24, 2.45) is 34.5 Å². The monoisotopic (exact) mass is 450 g/mol. The fourth-order valence-corrected chi connectivity index (χ4v) is 6.46. The van der Waals surface area contributed by atoms with Crippen LogP contribution in [-0.4, -0.2) is 63.9 Å². The molecule has 3 rings (SSSR count). The van der Waals surface area contributed by atoms with Crippen LogP contribution in [0.25, 0.3) is 0 Å². The van der Waals surface area contributed by atoms with Gasteiger partial charge in [0.05, 0.1) is 28.4 Å². The maximum absolute atomic E-state index is 13.7. The molecular weight excluding hydrogens is 424 g/mol. The number of rotatable bonds is 4. The Labute approximate surface area is 184 Å². The summed E-state index contributed by atoms with van der Waals surface area (Å²) in [5.74, 6) is -12.1. The van der Waals surface area contributed by atoms with E-state index < -0.39 is 69.9 Å². The number of allylic oxidation sites excluding steroid dienone is 2. The molecule has 32 heavy (non-hydrogen) atoms. The van der Waals surface area contributed by atoms with Gasteiger partial charge in [0.25, 0.3) is 0 Å². The third kappa shape index (κ3) is 2.77. The SMILES string of the molecule is COC(=O)C1C(=O)C(C(=O)OC)C23CCC=CCCC12C(C(=O)OC)C(=O)C3C(=O)OC. The van der Waals surface area contributed by atoms with Gasteiger partial charge in [0, 0.05) is 10.8 Å². The predicted molar refractivity (Wildman–Crippen MR) is 105 cm³/mol. The number of carbonyl (C=O) groups is 6. The molecule has 0 aliphatic heterocycles. The summed E-state index contributed by atoms with van der Waals surface area (Å²) in [5, 5.41) is 0. The van der Waals surface area contributed by atoms with Crippen LogP contribution < -0.4 is 0 Å². The molecule has 4 unspecified atom stereocenters. The largest absolute Gasteiger partial charge is 0.468 e. The number of ether oxygens (including phenoxy) is 4. The summed E-state index contributed by atoms with van der Waals surface area (Å²) in [7, 11) is 4.29. The van der Waals surface area contributed by atoms with Crippen molar-refractivity contribution in [3.05, 3.63) is 12.2 Å². The van der Waals surface area contributed by atoms with Gasteiger partial charge in [-0.05, 0) is 25.7 Å². The smallest absolute Gasteiger partial charge is 0.316 e. The molecule has 2 saturated carbocycles. The van der Waals surface area contributed by atoms with E-state index in [-0.39, 0.29) is 12.8 Å². The first-order valence-electron chi connectivity index (χ1n) is 10.2. The molecule has 3 aliphatic rings. The summed E-state index contributed by atoms with van der Waals surface area (Å²) in [4.78, 5) is 79.3. The number of Topliss-reactive ketones (excluding diaryl/α,β-unsaturated/α-hetero) is 2. The van der Waals surface area contributed by atoms with Crippen molar-refractivity contribution in [3.8, 4) is 0 Å². The Hall–Kier alpha value is -3.04. The van der Waals surface area contributed by atoms with Gasteiger partial charge in [0.2, 0.25) is 0 Å². The van der Waals surface area contributed by atoms with E-state index in [0.717, 1.165) is 28.4 Å². The lowest BCUT2D eigenvalue weighted by molar-refractivity contribution is -0.170. The molecule has 0 N–H and O–H groups in total. The van der Waals surface area contributed by atoms with Gasteiger partial charge >= 0.3 is 23.9 Å². The van der Waals surface area contributed by atoms with Crippen molar-refractivity contribution in [3.63, 3.8) is 0 Å². The maximum atomic E-state index is 13.7. The van der Waals surface area contributed by atoms with Crippen molar-refractivity contribution >= 4 is 35.4 Å². The highest BCUT2D eigenvalue weighted by Gasteiger charge is 2.85. The summed E-state index contributed by atoms with van der Waals surface area (Å²) in [6.45, 7) is 0. The first-order chi connectivity index (χ1) is 15.2. The van der Waals surface area contributed by atoms with Crippen molar-refractivity contribution in [2.45, 2.75) is 25.7 Å². The lowest BCUT2D eigenvalue weighted by Crippen LogP contribution is -2.52. The number of hydrogen-bond donors (Lipinski definition) is 0. The molecule has 2 fully saturated rings. The van der Waals surface area contributed by atoms with Crippen LogP contribution in [0.4, 0.5) is 0 Å². The summed E-state index contributed by atoms with van der Waals surface area (Å²) in [6.07, 6.45) is 4.22. The molecule has 0 bridgehead atoms. The number of methoxy groups -OCH3 is 4. The molecule has 0 aromatic carbocycles. The van der Waals surface area contributed by atoms with Crippen molar-refractivity contribution in [1.82, 2.24) is 0 Å². The van der Waals surface area contributed by atoms with Crippen LogP contribution in [0.3, 0.4) is 0 Å². The topological polar surface area (TPSA) is 139 Å². The highest BCUT2D eigenvalue weighted by Crippen LogP contribution is 2.74. The summed E-state index contributed by atoms with van der Waals surface area (Å²) in [6, 6.07) is 0. The van der Waals surface area contributed by atoms with Gasteiger partial charge in [-0.25, -0.2) is 0 Å². The van der Waals surface area contributed by atoms with E-state index >= 15 is 0 Å². The van der Waals surface area contributed by atoms with Gasteiger partial charge in [-0.2, -0.15) is 0 Å². The summed E-state index contributed by atoms with van der Waals surface area (Å²) in [5.41, 5.74) is -3.44. The zero-order valence-electron chi connectivity index (χ0n) is 18.4. The number of hydrogen-bond acceptors (Lipinski definition) is 10. The van der Waals surface area contributed by atoms with Crippen LogP contribution in [-0.2, 0) is 47.7 Å². The van der Waals surface area contributed by atoms with E-state index in [1.165, 1.54) is 0 Å². The lowest BCUT2D eigenvalue weighted by Gasteiger charge is -2.47. The molecule has 3 aliphatic carbocycles. The minimum absolute atomic E-state index is 0.00149. The van der Waals surface area contributed by atoms with E-state index in [2.05, 4.69) is 0 Å². The molecule has 0 amide bonds. The lowest BCUT2D eigenvalue weighted by atomic mass is 9.53. The number of carbonyl (C=O) groups excluding carboxylic acids is 6. The van der Waals surface area contributed by atoms with Crippen LogP contribution in [0.2, 0.25) is 0 Å². The van der Waals surface area contributed by atoms with Crippen LogP contribution in [0, 0.1) is 34.5 Å². The molecule has 0 heterocycles. The number of ketones is 2. The Morgan fingerprint density at radius 3 is 1.09 bits per heavy atom. The Morgan fingerprint density at radius 2 is 0.875 bits per heavy atom. The Bertz CT molecular complexity index is 776. The van der Waals surface area contributed by atoms with Gasteiger partial charge in [-0.15, -0.1) is 0 Å². The fourth-order valence-electron chi connectivity index (χ4n) is 6.46. The standard InChI is InChI=1S/C22H26O10/c1-29-17(25)11-15(23)12(18(26)30-2)22-10-8-6-5-7-9-21(11,22)13(19(27)31-3)16(24)14(22)20(28)32-4/h5-6,11-14H,7-10H2,1-4H3. The molecule has 0 aromatic heterocycles. The second-order valence-corrected chi connectivity index (χ2v) is 8.26. The van der Waals surface area contributed by atoms with E-state index in [0.29, 0.717) is 12.8 Å². The van der Waals surface area contributed by atoms with Crippen LogP contribution in [0.1, 0.15) is 25.7 Å². The number of esters is 4. The second-order valence-electron chi connectivity index (χ2n) is 8.26.